The van der Waals surface area contributed by atoms with Crippen molar-refractivity contribution in [2.24, 2.45) is 5.92 Å². The third-order valence-electron chi connectivity index (χ3n) is 6.54. The highest BCUT2D eigenvalue weighted by molar-refractivity contribution is 5.78. The minimum absolute atomic E-state index is 0.0135. The largest absolute Gasteiger partial charge is 0.372 e. The molecule has 0 unspecified atom stereocenters. The molecule has 1 spiro atoms. The smallest absolute Gasteiger partial charge is 0.222 e. The first-order valence-corrected chi connectivity index (χ1v) is 10.2. The molecule has 1 aromatic heterocycles. The number of para-hydroxylation sites is 1. The van der Waals surface area contributed by atoms with Crippen LogP contribution in [0.5, 0.6) is 0 Å². The van der Waals surface area contributed by atoms with Crippen LogP contribution in [0, 0.1) is 5.92 Å². The second-order valence-corrected chi connectivity index (χ2v) is 8.31. The number of aromatic nitrogens is 1. The van der Waals surface area contributed by atoms with Crippen LogP contribution in [0.1, 0.15) is 31.4 Å². The molecule has 5 rings (SSSR count). The lowest BCUT2D eigenvalue weighted by atomic mass is 9.78. The molecule has 1 aromatic carbocycles. The summed E-state index contributed by atoms with van der Waals surface area (Å²) in [6.45, 7) is 5.56. The highest BCUT2D eigenvalue weighted by Crippen LogP contribution is 2.42. The summed E-state index contributed by atoms with van der Waals surface area (Å²) >= 11 is 0. The Kier molecular flexibility index (Phi) is 4.37. The quantitative estimate of drug-likeness (QED) is 0.817. The van der Waals surface area contributed by atoms with Crippen molar-refractivity contribution in [2.75, 3.05) is 32.8 Å². The Balaban J connectivity index is 1.18. The fraction of sp³-hybridized carbons (Fsp3) is 0.545. The average molecular weight is 365 g/mol. The predicted molar refractivity (Wildman–Crippen MR) is 104 cm³/mol. The van der Waals surface area contributed by atoms with Gasteiger partial charge in [-0.15, -0.1) is 0 Å². The second-order valence-electron chi connectivity index (χ2n) is 8.31. The van der Waals surface area contributed by atoms with Crippen molar-refractivity contribution in [1.82, 2.24) is 14.8 Å². The molecule has 5 nitrogen and oxygen atoms in total. The molecule has 27 heavy (non-hydrogen) atoms. The number of nitrogens with zero attached hydrogens (tertiary/aromatic N) is 3. The van der Waals surface area contributed by atoms with Gasteiger partial charge in [-0.1, -0.05) is 24.3 Å². The monoisotopic (exact) mass is 365 g/mol. The minimum atomic E-state index is 0.0135. The van der Waals surface area contributed by atoms with E-state index >= 15 is 0 Å². The van der Waals surface area contributed by atoms with Crippen LogP contribution in [-0.4, -0.2) is 59.1 Å². The van der Waals surface area contributed by atoms with E-state index in [0.29, 0.717) is 11.8 Å². The number of benzene rings is 1. The molecule has 3 aliphatic rings. The van der Waals surface area contributed by atoms with E-state index in [0.717, 1.165) is 76.2 Å². The Hall–Kier alpha value is -1.98. The van der Waals surface area contributed by atoms with Gasteiger partial charge in [0.05, 0.1) is 16.8 Å². The predicted octanol–water partition coefficient (Wildman–Crippen LogP) is 2.84. The first-order chi connectivity index (χ1) is 13.2. The summed E-state index contributed by atoms with van der Waals surface area (Å²) in [5.74, 6) is 0.910. The number of carbonyl (C=O) groups is 1. The summed E-state index contributed by atoms with van der Waals surface area (Å²) in [7, 11) is 0. The van der Waals surface area contributed by atoms with E-state index in [2.05, 4.69) is 35.2 Å². The number of amides is 1. The zero-order valence-electron chi connectivity index (χ0n) is 15.8. The van der Waals surface area contributed by atoms with Gasteiger partial charge in [-0.2, -0.15) is 0 Å². The van der Waals surface area contributed by atoms with E-state index in [-0.39, 0.29) is 5.60 Å². The van der Waals surface area contributed by atoms with Crippen molar-refractivity contribution < 1.29 is 9.53 Å². The third-order valence-corrected chi connectivity index (χ3v) is 6.54. The molecule has 1 amide bonds. The van der Waals surface area contributed by atoms with E-state index in [1.165, 1.54) is 5.39 Å². The summed E-state index contributed by atoms with van der Waals surface area (Å²) < 4.78 is 6.20. The highest BCUT2D eigenvalue weighted by Gasteiger charge is 2.52. The number of likely N-dealkylation sites (tertiary alicyclic amines) is 2. The van der Waals surface area contributed by atoms with Gasteiger partial charge in [0.15, 0.2) is 0 Å². The third kappa shape index (κ3) is 3.23. The van der Waals surface area contributed by atoms with Gasteiger partial charge in [-0.05, 0) is 37.3 Å². The summed E-state index contributed by atoms with van der Waals surface area (Å²) in [5, 5.41) is 1.19. The highest BCUT2D eigenvalue weighted by atomic mass is 16.5. The molecule has 142 valence electrons. The van der Waals surface area contributed by atoms with Crippen LogP contribution in [0.3, 0.4) is 0 Å². The molecule has 2 aromatic rings. The fourth-order valence-corrected chi connectivity index (χ4v) is 5.04. The van der Waals surface area contributed by atoms with Crippen LogP contribution in [-0.2, 0) is 16.1 Å². The van der Waals surface area contributed by atoms with Crippen LogP contribution in [0.15, 0.2) is 36.4 Å². The van der Waals surface area contributed by atoms with Crippen LogP contribution in [0.4, 0.5) is 0 Å². The zero-order chi connectivity index (χ0) is 18.3. The van der Waals surface area contributed by atoms with Crippen molar-refractivity contribution in [1.29, 1.82) is 0 Å². The van der Waals surface area contributed by atoms with Crippen molar-refractivity contribution >= 4 is 16.8 Å². The number of fused-ring (bicyclic) bond motifs is 1. The van der Waals surface area contributed by atoms with E-state index in [1.807, 2.05) is 11.0 Å². The zero-order valence-corrected chi connectivity index (χ0v) is 15.8. The number of carbonyl (C=O) groups excluding carboxylic acids is 1. The lowest BCUT2D eigenvalue weighted by Gasteiger charge is -2.50. The van der Waals surface area contributed by atoms with Gasteiger partial charge in [0.2, 0.25) is 5.91 Å². The molecular formula is C22H27N3O2. The number of hydrogen-bond acceptors (Lipinski definition) is 4. The lowest BCUT2D eigenvalue weighted by Crippen LogP contribution is -2.64. The molecule has 4 heterocycles. The summed E-state index contributed by atoms with van der Waals surface area (Å²) in [6.07, 6.45) is 3.97. The van der Waals surface area contributed by atoms with E-state index in [4.69, 9.17) is 9.72 Å². The van der Waals surface area contributed by atoms with Crippen LogP contribution >= 0.6 is 0 Å². The van der Waals surface area contributed by atoms with Crippen molar-refractivity contribution in [3.63, 3.8) is 0 Å². The fourth-order valence-electron chi connectivity index (χ4n) is 5.04. The van der Waals surface area contributed by atoms with Crippen LogP contribution < -0.4 is 0 Å². The number of ether oxygens (including phenoxy) is 1. The molecule has 5 heteroatoms. The SMILES string of the molecule is O=C1CCCN1CC[C@@H]1CCOC12CN(Cc1ccc3ccccc3n1)C2. The molecule has 3 fully saturated rings. The van der Waals surface area contributed by atoms with Crippen LogP contribution in [0.25, 0.3) is 10.9 Å². The van der Waals surface area contributed by atoms with Crippen LogP contribution in [0.2, 0.25) is 0 Å². The topological polar surface area (TPSA) is 45.7 Å². The van der Waals surface area contributed by atoms with Crippen molar-refractivity contribution in [3.05, 3.63) is 42.1 Å². The Morgan fingerprint density at radius 2 is 2.07 bits per heavy atom. The Morgan fingerprint density at radius 1 is 1.19 bits per heavy atom. The molecule has 3 aliphatic heterocycles. The Bertz CT molecular complexity index is 846. The van der Waals surface area contributed by atoms with E-state index < -0.39 is 0 Å². The van der Waals surface area contributed by atoms with Crippen molar-refractivity contribution in [2.45, 2.75) is 37.8 Å². The molecular weight excluding hydrogens is 338 g/mol. The Morgan fingerprint density at radius 3 is 2.93 bits per heavy atom. The molecule has 3 saturated heterocycles. The van der Waals surface area contributed by atoms with Gasteiger partial charge in [0, 0.05) is 51.1 Å². The first-order valence-electron chi connectivity index (χ1n) is 10.2. The molecule has 0 aliphatic carbocycles. The Labute approximate surface area is 160 Å². The molecule has 0 saturated carbocycles. The van der Waals surface area contributed by atoms with Crippen molar-refractivity contribution in [3.8, 4) is 0 Å². The molecule has 0 bridgehead atoms. The molecule has 1 atom stereocenters. The maximum absolute atomic E-state index is 11.9. The number of hydrogen-bond donors (Lipinski definition) is 0. The number of rotatable bonds is 5. The molecule has 0 radical (unpaired) electrons. The van der Waals surface area contributed by atoms with Gasteiger partial charge in [0.1, 0.15) is 0 Å². The number of pyridine rings is 1. The second kappa shape index (κ2) is 6.88. The summed E-state index contributed by atoms with van der Waals surface area (Å²) in [4.78, 5) is 21.1. The summed E-state index contributed by atoms with van der Waals surface area (Å²) in [6, 6.07) is 12.6. The summed E-state index contributed by atoms with van der Waals surface area (Å²) in [5.41, 5.74) is 2.20. The van der Waals surface area contributed by atoms with E-state index in [1.54, 1.807) is 0 Å². The standard InChI is InChI=1S/C22H27N3O2/c26-21-6-3-11-25(21)12-9-18-10-13-27-22(18)15-24(16-22)14-19-8-7-17-4-1-2-5-20(17)23-19/h1-2,4-5,7-8,18H,3,6,9-16H2/t18-/m1/s1. The van der Waals surface area contributed by atoms with Gasteiger partial charge in [0.25, 0.3) is 0 Å². The van der Waals surface area contributed by atoms with E-state index in [9.17, 15) is 4.79 Å². The van der Waals surface area contributed by atoms with Gasteiger partial charge < -0.3 is 9.64 Å². The van der Waals surface area contributed by atoms with Gasteiger partial charge >= 0.3 is 0 Å². The maximum Gasteiger partial charge on any atom is 0.222 e. The normalized spacial score (nSPS) is 24.8. The maximum atomic E-state index is 11.9. The van der Waals surface area contributed by atoms with Gasteiger partial charge in [-0.25, -0.2) is 0 Å². The minimum Gasteiger partial charge on any atom is -0.372 e. The average Bonchev–Trinajstić information content (AvgIpc) is 3.26. The molecule has 0 N–H and O–H groups in total. The lowest BCUT2D eigenvalue weighted by molar-refractivity contribution is -0.139. The van der Waals surface area contributed by atoms with Gasteiger partial charge in [-0.3, -0.25) is 14.7 Å². The first kappa shape index (κ1) is 17.1.